The fourth-order valence-electron chi connectivity index (χ4n) is 2.72. The molecule has 1 fully saturated rings. The summed E-state index contributed by atoms with van der Waals surface area (Å²) in [6.07, 6.45) is 3.95. The van der Waals surface area contributed by atoms with Crippen LogP contribution in [0.3, 0.4) is 0 Å². The van der Waals surface area contributed by atoms with Crippen LogP contribution in [-0.4, -0.2) is 29.6 Å². The molecule has 1 aliphatic carbocycles. The normalized spacial score (nSPS) is 15.2. The average Bonchev–Trinajstić information content (AvgIpc) is 2.88. The van der Waals surface area contributed by atoms with Crippen LogP contribution >= 0.6 is 11.6 Å². The van der Waals surface area contributed by atoms with Gasteiger partial charge in [-0.3, -0.25) is 9.59 Å². The summed E-state index contributed by atoms with van der Waals surface area (Å²) in [6, 6.07) is 4.86. The van der Waals surface area contributed by atoms with Crippen LogP contribution in [0.4, 0.5) is 5.69 Å². The van der Waals surface area contributed by atoms with E-state index in [1.54, 1.807) is 23.1 Å². The molecule has 0 heterocycles. The van der Waals surface area contributed by atoms with Gasteiger partial charge in [0.25, 0.3) is 5.91 Å². The maximum atomic E-state index is 11.5. The number of carboxylic acids is 1. The van der Waals surface area contributed by atoms with Crippen LogP contribution in [0.2, 0.25) is 5.02 Å². The number of nitrogens with two attached hydrogens (primary N) is 1. The molecule has 3 N–H and O–H groups in total. The van der Waals surface area contributed by atoms with E-state index in [-0.39, 0.29) is 12.6 Å². The number of primary amides is 1. The SMILES string of the molecule is NC(=O)c1ccc(Cl)cc1N(CC(=O)O)C1CCCC1. The van der Waals surface area contributed by atoms with Gasteiger partial charge in [0.2, 0.25) is 0 Å². The first kappa shape index (κ1) is 14.7. The van der Waals surface area contributed by atoms with Gasteiger partial charge in [0.1, 0.15) is 6.54 Å². The number of nitrogens with zero attached hydrogens (tertiary/aromatic N) is 1. The van der Waals surface area contributed by atoms with Gasteiger partial charge in [-0.2, -0.15) is 0 Å². The largest absolute Gasteiger partial charge is 0.480 e. The molecule has 1 aromatic rings. The molecule has 5 nitrogen and oxygen atoms in total. The molecular formula is C14H17ClN2O3. The molecule has 0 aliphatic heterocycles. The zero-order chi connectivity index (χ0) is 14.7. The average molecular weight is 297 g/mol. The summed E-state index contributed by atoms with van der Waals surface area (Å²) in [4.78, 5) is 24.4. The van der Waals surface area contributed by atoms with E-state index in [1.165, 1.54) is 0 Å². The Morgan fingerprint density at radius 3 is 2.55 bits per heavy atom. The maximum absolute atomic E-state index is 11.5. The van der Waals surface area contributed by atoms with Gasteiger partial charge >= 0.3 is 5.97 Å². The van der Waals surface area contributed by atoms with Crippen molar-refractivity contribution in [3.63, 3.8) is 0 Å². The highest BCUT2D eigenvalue weighted by molar-refractivity contribution is 6.31. The molecule has 1 saturated carbocycles. The lowest BCUT2D eigenvalue weighted by Gasteiger charge is -2.31. The maximum Gasteiger partial charge on any atom is 0.323 e. The first-order valence-electron chi connectivity index (χ1n) is 6.57. The van der Waals surface area contributed by atoms with E-state index in [4.69, 9.17) is 22.4 Å². The second-order valence-electron chi connectivity index (χ2n) is 4.99. The van der Waals surface area contributed by atoms with E-state index < -0.39 is 11.9 Å². The molecule has 0 unspecified atom stereocenters. The van der Waals surface area contributed by atoms with Crippen LogP contribution in [0.15, 0.2) is 18.2 Å². The fourth-order valence-corrected chi connectivity index (χ4v) is 2.89. The number of carbonyl (C=O) groups is 2. The number of rotatable bonds is 5. The topological polar surface area (TPSA) is 83.6 Å². The molecule has 108 valence electrons. The minimum atomic E-state index is -0.938. The van der Waals surface area contributed by atoms with Crippen LogP contribution in [0.5, 0.6) is 0 Å². The van der Waals surface area contributed by atoms with E-state index in [9.17, 15) is 9.59 Å². The van der Waals surface area contributed by atoms with Gasteiger partial charge in [-0.25, -0.2) is 0 Å². The minimum absolute atomic E-state index is 0.114. The molecule has 1 aromatic carbocycles. The molecule has 0 saturated heterocycles. The van der Waals surface area contributed by atoms with Crippen molar-refractivity contribution in [1.29, 1.82) is 0 Å². The monoisotopic (exact) mass is 296 g/mol. The Morgan fingerprint density at radius 1 is 1.35 bits per heavy atom. The fraction of sp³-hybridized carbons (Fsp3) is 0.429. The summed E-state index contributed by atoms with van der Waals surface area (Å²) >= 11 is 5.98. The van der Waals surface area contributed by atoms with Crippen molar-refractivity contribution in [2.75, 3.05) is 11.4 Å². The Balaban J connectivity index is 2.43. The number of amides is 1. The smallest absolute Gasteiger partial charge is 0.323 e. The van der Waals surface area contributed by atoms with Crippen molar-refractivity contribution in [2.45, 2.75) is 31.7 Å². The Bertz CT molecular complexity index is 527. The zero-order valence-electron chi connectivity index (χ0n) is 11.0. The van der Waals surface area contributed by atoms with Gasteiger partial charge < -0.3 is 15.7 Å². The van der Waals surface area contributed by atoms with E-state index in [0.29, 0.717) is 16.3 Å². The number of hydrogen-bond donors (Lipinski definition) is 2. The number of anilines is 1. The number of carboxylic acid groups (broad SMARTS) is 1. The third-order valence-corrected chi connectivity index (χ3v) is 3.84. The first-order chi connectivity index (χ1) is 9.49. The number of hydrogen-bond acceptors (Lipinski definition) is 3. The van der Waals surface area contributed by atoms with Crippen LogP contribution in [0.25, 0.3) is 0 Å². The highest BCUT2D eigenvalue weighted by atomic mass is 35.5. The lowest BCUT2D eigenvalue weighted by Crippen LogP contribution is -2.39. The van der Waals surface area contributed by atoms with Crippen molar-refractivity contribution >= 4 is 29.2 Å². The second kappa shape index (κ2) is 6.13. The molecule has 6 heteroatoms. The van der Waals surface area contributed by atoms with Gasteiger partial charge in [0.15, 0.2) is 0 Å². The number of halogens is 1. The van der Waals surface area contributed by atoms with Crippen molar-refractivity contribution in [2.24, 2.45) is 5.73 Å². The Kier molecular flexibility index (Phi) is 4.49. The third-order valence-electron chi connectivity index (χ3n) is 3.61. The molecule has 1 amide bonds. The van der Waals surface area contributed by atoms with E-state index in [2.05, 4.69) is 0 Å². The van der Waals surface area contributed by atoms with Crippen molar-refractivity contribution in [3.05, 3.63) is 28.8 Å². The van der Waals surface area contributed by atoms with Gasteiger partial charge in [-0.15, -0.1) is 0 Å². The highest BCUT2D eigenvalue weighted by Gasteiger charge is 2.27. The zero-order valence-corrected chi connectivity index (χ0v) is 11.8. The predicted molar refractivity (Wildman–Crippen MR) is 77.2 cm³/mol. The van der Waals surface area contributed by atoms with Crippen LogP contribution in [-0.2, 0) is 4.79 Å². The quantitative estimate of drug-likeness (QED) is 0.873. The summed E-state index contributed by atoms with van der Waals surface area (Å²) < 4.78 is 0. The molecule has 0 atom stereocenters. The standard InChI is InChI=1S/C14H17ClN2O3/c15-9-5-6-11(14(16)20)12(7-9)17(8-13(18)19)10-3-1-2-4-10/h5-7,10H,1-4,8H2,(H2,16,20)(H,18,19). The van der Waals surface area contributed by atoms with Gasteiger partial charge in [0, 0.05) is 11.1 Å². The lowest BCUT2D eigenvalue weighted by atomic mass is 10.1. The van der Waals surface area contributed by atoms with Crippen LogP contribution < -0.4 is 10.6 Å². The Labute approximate surface area is 122 Å². The molecule has 0 radical (unpaired) electrons. The predicted octanol–water partition coefficient (Wildman–Crippen LogP) is 2.27. The third kappa shape index (κ3) is 3.22. The molecule has 0 bridgehead atoms. The summed E-state index contributed by atoms with van der Waals surface area (Å²) in [5, 5.41) is 9.57. The second-order valence-corrected chi connectivity index (χ2v) is 5.42. The molecule has 1 aliphatic rings. The summed E-state index contributed by atoms with van der Waals surface area (Å²) in [5.74, 6) is -1.52. The summed E-state index contributed by atoms with van der Waals surface area (Å²) in [6.45, 7) is -0.161. The van der Waals surface area contributed by atoms with Gasteiger partial charge in [-0.05, 0) is 31.0 Å². The van der Waals surface area contributed by atoms with E-state index in [0.717, 1.165) is 25.7 Å². The van der Waals surface area contributed by atoms with Crippen molar-refractivity contribution in [3.8, 4) is 0 Å². The van der Waals surface area contributed by atoms with Crippen LogP contribution in [0, 0.1) is 0 Å². The van der Waals surface area contributed by atoms with Crippen molar-refractivity contribution in [1.82, 2.24) is 0 Å². The van der Waals surface area contributed by atoms with Gasteiger partial charge in [0.05, 0.1) is 11.3 Å². The Hall–Kier alpha value is -1.75. The molecule has 0 aromatic heterocycles. The number of carbonyl (C=O) groups excluding carboxylic acids is 1. The van der Waals surface area contributed by atoms with E-state index >= 15 is 0 Å². The lowest BCUT2D eigenvalue weighted by molar-refractivity contribution is -0.135. The molecule has 0 spiro atoms. The Morgan fingerprint density at radius 2 is 2.00 bits per heavy atom. The van der Waals surface area contributed by atoms with Crippen molar-refractivity contribution < 1.29 is 14.7 Å². The molecule has 20 heavy (non-hydrogen) atoms. The minimum Gasteiger partial charge on any atom is -0.480 e. The van der Waals surface area contributed by atoms with Gasteiger partial charge in [-0.1, -0.05) is 24.4 Å². The molecular weight excluding hydrogens is 280 g/mol. The summed E-state index contributed by atoms with van der Waals surface area (Å²) in [5.41, 5.74) is 6.20. The number of benzene rings is 1. The highest BCUT2D eigenvalue weighted by Crippen LogP contribution is 2.32. The first-order valence-corrected chi connectivity index (χ1v) is 6.94. The molecule has 2 rings (SSSR count). The summed E-state index contributed by atoms with van der Waals surface area (Å²) in [7, 11) is 0. The van der Waals surface area contributed by atoms with E-state index in [1.807, 2.05) is 0 Å². The number of aliphatic carboxylic acids is 1. The van der Waals surface area contributed by atoms with Crippen LogP contribution in [0.1, 0.15) is 36.0 Å².